The fraction of sp³-hybridized carbons (Fsp3) is 0. The van der Waals surface area contributed by atoms with Gasteiger partial charge in [0.1, 0.15) is 17.3 Å². The first-order chi connectivity index (χ1) is 14.0. The lowest BCUT2D eigenvalue weighted by molar-refractivity contribution is 0.0651. The maximum Gasteiger partial charge on any atom is 0.336 e. The molecule has 144 valence electrons. The number of phenols is 1. The molecule has 0 saturated carbocycles. The van der Waals surface area contributed by atoms with Crippen LogP contribution in [-0.4, -0.2) is 41.6 Å². The summed E-state index contributed by atoms with van der Waals surface area (Å²) in [6.07, 6.45) is 4.77. The van der Waals surface area contributed by atoms with Crippen LogP contribution in [0.3, 0.4) is 0 Å². The average molecular weight is 390 g/mol. The number of hydrogen-bond acceptors (Lipinski definition) is 6. The molecule has 29 heavy (non-hydrogen) atoms. The van der Waals surface area contributed by atoms with Gasteiger partial charge in [0, 0.05) is 23.6 Å². The molecular formula is C20H14N4O5. The summed E-state index contributed by atoms with van der Waals surface area (Å²) in [6, 6.07) is 10.6. The number of anilines is 2. The minimum atomic E-state index is -1.35. The standard InChI is InChI=1S/C20H14N4O5/c25-15-4-2-1-3-13(15)17-18(24-8-7-21-10-16(24)23-17)22-11-5-6-12(19(26)27)14(9-11)20(28)29/h1-10,22,25H,(H,26,27)(H,28,29). The second-order valence-electron chi connectivity index (χ2n) is 6.13. The lowest BCUT2D eigenvalue weighted by Crippen LogP contribution is -2.09. The number of rotatable bonds is 5. The second kappa shape index (κ2) is 6.97. The molecule has 0 bridgehead atoms. The van der Waals surface area contributed by atoms with E-state index in [0.717, 1.165) is 0 Å². The third kappa shape index (κ3) is 3.21. The quantitative estimate of drug-likeness (QED) is 0.408. The molecule has 9 heteroatoms. The van der Waals surface area contributed by atoms with Crippen molar-refractivity contribution in [3.8, 4) is 17.0 Å². The van der Waals surface area contributed by atoms with Gasteiger partial charge in [-0.05, 0) is 30.3 Å². The Kier molecular flexibility index (Phi) is 4.32. The number of benzene rings is 2. The van der Waals surface area contributed by atoms with Gasteiger partial charge in [0.2, 0.25) is 0 Å². The topological polar surface area (TPSA) is 137 Å². The van der Waals surface area contributed by atoms with Gasteiger partial charge in [-0.1, -0.05) is 12.1 Å². The van der Waals surface area contributed by atoms with Crippen LogP contribution in [0.4, 0.5) is 11.5 Å². The van der Waals surface area contributed by atoms with Gasteiger partial charge in [0.25, 0.3) is 0 Å². The number of nitrogens with one attached hydrogen (secondary N) is 1. The zero-order valence-corrected chi connectivity index (χ0v) is 14.8. The van der Waals surface area contributed by atoms with Crippen LogP contribution in [-0.2, 0) is 0 Å². The summed E-state index contributed by atoms with van der Waals surface area (Å²) in [5.41, 5.74) is 1.10. The Morgan fingerprint density at radius 1 is 1.00 bits per heavy atom. The molecule has 0 unspecified atom stereocenters. The normalized spacial score (nSPS) is 10.8. The number of aromatic nitrogens is 3. The molecule has 0 amide bonds. The van der Waals surface area contributed by atoms with E-state index >= 15 is 0 Å². The van der Waals surface area contributed by atoms with E-state index in [2.05, 4.69) is 15.3 Å². The molecule has 0 aliphatic heterocycles. The van der Waals surface area contributed by atoms with Gasteiger partial charge < -0.3 is 20.6 Å². The van der Waals surface area contributed by atoms with Crippen LogP contribution in [0.15, 0.2) is 61.1 Å². The van der Waals surface area contributed by atoms with E-state index in [1.165, 1.54) is 24.3 Å². The van der Waals surface area contributed by atoms with Crippen LogP contribution < -0.4 is 5.32 Å². The zero-order valence-electron chi connectivity index (χ0n) is 14.8. The minimum Gasteiger partial charge on any atom is -0.507 e. The first-order valence-corrected chi connectivity index (χ1v) is 8.44. The smallest absolute Gasteiger partial charge is 0.336 e. The number of nitrogens with zero attached hydrogens (tertiary/aromatic N) is 3. The summed E-state index contributed by atoms with van der Waals surface area (Å²) in [7, 11) is 0. The summed E-state index contributed by atoms with van der Waals surface area (Å²) >= 11 is 0. The van der Waals surface area contributed by atoms with Crippen molar-refractivity contribution in [1.29, 1.82) is 0 Å². The number of para-hydroxylation sites is 1. The van der Waals surface area contributed by atoms with Gasteiger partial charge in [-0.2, -0.15) is 0 Å². The van der Waals surface area contributed by atoms with Crippen molar-refractivity contribution < 1.29 is 24.9 Å². The highest BCUT2D eigenvalue weighted by molar-refractivity contribution is 6.02. The molecule has 4 aromatic rings. The summed E-state index contributed by atoms with van der Waals surface area (Å²) in [5, 5.41) is 31.9. The number of aromatic carboxylic acids is 2. The van der Waals surface area contributed by atoms with Crippen LogP contribution in [0.1, 0.15) is 20.7 Å². The van der Waals surface area contributed by atoms with Crippen molar-refractivity contribution in [3.63, 3.8) is 0 Å². The largest absolute Gasteiger partial charge is 0.507 e. The van der Waals surface area contributed by atoms with Crippen molar-refractivity contribution in [2.75, 3.05) is 5.32 Å². The molecular weight excluding hydrogens is 376 g/mol. The molecule has 0 spiro atoms. The van der Waals surface area contributed by atoms with Crippen LogP contribution in [0, 0.1) is 0 Å². The number of carbonyl (C=O) groups is 2. The Labute approximate surface area is 163 Å². The number of phenolic OH excluding ortho intramolecular Hbond substituents is 1. The van der Waals surface area contributed by atoms with E-state index in [1.807, 2.05) is 0 Å². The minimum absolute atomic E-state index is 0.0272. The van der Waals surface area contributed by atoms with E-state index < -0.39 is 11.9 Å². The molecule has 0 saturated heterocycles. The molecule has 0 aliphatic rings. The Hall–Kier alpha value is -4.40. The lowest BCUT2D eigenvalue weighted by atomic mass is 10.1. The van der Waals surface area contributed by atoms with Gasteiger partial charge in [-0.15, -0.1) is 0 Å². The Morgan fingerprint density at radius 3 is 2.48 bits per heavy atom. The van der Waals surface area contributed by atoms with Crippen LogP contribution >= 0.6 is 0 Å². The van der Waals surface area contributed by atoms with E-state index in [1.54, 1.807) is 41.2 Å². The van der Waals surface area contributed by atoms with E-state index in [9.17, 15) is 24.9 Å². The molecule has 0 aliphatic carbocycles. The molecule has 2 heterocycles. The first kappa shape index (κ1) is 18.0. The molecule has 2 aromatic carbocycles. The van der Waals surface area contributed by atoms with Gasteiger partial charge in [-0.3, -0.25) is 9.38 Å². The van der Waals surface area contributed by atoms with Crippen molar-refractivity contribution in [1.82, 2.24) is 14.4 Å². The fourth-order valence-electron chi connectivity index (χ4n) is 3.01. The first-order valence-electron chi connectivity index (χ1n) is 8.44. The third-order valence-electron chi connectivity index (χ3n) is 4.33. The third-order valence-corrected chi connectivity index (χ3v) is 4.33. The highest BCUT2D eigenvalue weighted by Crippen LogP contribution is 2.35. The molecule has 4 N–H and O–H groups in total. The zero-order chi connectivity index (χ0) is 20.5. The Balaban J connectivity index is 1.88. The molecule has 4 rings (SSSR count). The number of fused-ring (bicyclic) bond motifs is 1. The van der Waals surface area contributed by atoms with Crippen LogP contribution in [0.25, 0.3) is 16.9 Å². The number of aromatic hydroxyl groups is 1. The molecule has 0 atom stereocenters. The predicted molar refractivity (Wildman–Crippen MR) is 104 cm³/mol. The van der Waals surface area contributed by atoms with Crippen molar-refractivity contribution in [3.05, 3.63) is 72.2 Å². The van der Waals surface area contributed by atoms with Crippen LogP contribution in [0.5, 0.6) is 5.75 Å². The van der Waals surface area contributed by atoms with Crippen molar-refractivity contribution >= 4 is 29.1 Å². The van der Waals surface area contributed by atoms with Crippen molar-refractivity contribution in [2.24, 2.45) is 0 Å². The van der Waals surface area contributed by atoms with Gasteiger partial charge >= 0.3 is 11.9 Å². The maximum absolute atomic E-state index is 11.5. The molecule has 9 nitrogen and oxygen atoms in total. The molecule has 0 fully saturated rings. The summed E-state index contributed by atoms with van der Waals surface area (Å²) in [5.74, 6) is -2.19. The second-order valence-corrected chi connectivity index (χ2v) is 6.13. The summed E-state index contributed by atoms with van der Waals surface area (Å²) < 4.78 is 1.69. The van der Waals surface area contributed by atoms with Crippen LogP contribution in [0.2, 0.25) is 0 Å². The number of imidazole rings is 1. The average Bonchev–Trinajstić information content (AvgIpc) is 3.06. The molecule has 0 radical (unpaired) electrons. The van der Waals surface area contributed by atoms with Gasteiger partial charge in [-0.25, -0.2) is 14.6 Å². The summed E-state index contributed by atoms with van der Waals surface area (Å²) in [6.45, 7) is 0. The fourth-order valence-corrected chi connectivity index (χ4v) is 3.01. The Bertz CT molecular complexity index is 1260. The van der Waals surface area contributed by atoms with E-state index in [-0.39, 0.29) is 16.9 Å². The number of hydrogen-bond donors (Lipinski definition) is 4. The number of carboxylic acid groups (broad SMARTS) is 2. The maximum atomic E-state index is 11.5. The monoisotopic (exact) mass is 390 g/mol. The van der Waals surface area contributed by atoms with Crippen molar-refractivity contribution in [2.45, 2.75) is 0 Å². The lowest BCUT2D eigenvalue weighted by Gasteiger charge is -2.11. The summed E-state index contributed by atoms with van der Waals surface area (Å²) in [4.78, 5) is 31.3. The van der Waals surface area contributed by atoms with E-state index in [0.29, 0.717) is 28.4 Å². The Morgan fingerprint density at radius 2 is 1.76 bits per heavy atom. The predicted octanol–water partition coefficient (Wildman–Crippen LogP) is 3.24. The molecule has 2 aromatic heterocycles. The van der Waals surface area contributed by atoms with E-state index in [4.69, 9.17) is 0 Å². The highest BCUT2D eigenvalue weighted by atomic mass is 16.4. The number of carboxylic acids is 2. The van der Waals surface area contributed by atoms with Gasteiger partial charge in [0.15, 0.2) is 5.65 Å². The SMILES string of the molecule is O=C(O)c1ccc(Nc2c(-c3ccccc3O)nc3cnccn23)cc1C(=O)O. The van der Waals surface area contributed by atoms with Gasteiger partial charge in [0.05, 0.1) is 17.3 Å². The highest BCUT2D eigenvalue weighted by Gasteiger charge is 2.20.